The number of nitrogens with two attached hydrogens (primary N) is 1. The molecule has 2 N–H and O–H groups in total. The standard InChI is InChI=1S/C15H19N3O2/c1-9-7-12(5-6-14(9)16)15(19)18(4)8-13-10(2)17-20-11(13)3/h5-7H,8,16H2,1-4H3. The predicted octanol–water partition coefficient (Wildman–Crippen LogP) is 2.45. The number of anilines is 1. The number of rotatable bonds is 3. The van der Waals surface area contributed by atoms with Crippen molar-refractivity contribution >= 4 is 11.6 Å². The molecule has 0 aliphatic rings. The highest BCUT2D eigenvalue weighted by Crippen LogP contribution is 2.17. The third-order valence-corrected chi connectivity index (χ3v) is 3.44. The van der Waals surface area contributed by atoms with Crippen LogP contribution in [0.5, 0.6) is 0 Å². The lowest BCUT2D eigenvalue weighted by Gasteiger charge is -2.17. The monoisotopic (exact) mass is 273 g/mol. The van der Waals surface area contributed by atoms with E-state index in [-0.39, 0.29) is 5.91 Å². The van der Waals surface area contributed by atoms with Crippen LogP contribution in [-0.4, -0.2) is 23.0 Å². The van der Waals surface area contributed by atoms with Gasteiger partial charge in [-0.05, 0) is 44.5 Å². The summed E-state index contributed by atoms with van der Waals surface area (Å²) in [6.45, 7) is 6.09. The van der Waals surface area contributed by atoms with Crippen molar-refractivity contribution < 1.29 is 9.32 Å². The second kappa shape index (κ2) is 5.36. The summed E-state index contributed by atoms with van der Waals surface area (Å²) in [5.74, 6) is 0.698. The molecule has 2 rings (SSSR count). The molecular weight excluding hydrogens is 254 g/mol. The van der Waals surface area contributed by atoms with Gasteiger partial charge in [0.2, 0.25) is 0 Å². The van der Waals surface area contributed by atoms with Gasteiger partial charge in [0, 0.05) is 23.9 Å². The quantitative estimate of drug-likeness (QED) is 0.872. The second-order valence-corrected chi connectivity index (χ2v) is 5.04. The van der Waals surface area contributed by atoms with Gasteiger partial charge in [0.05, 0.1) is 12.2 Å². The fraction of sp³-hybridized carbons (Fsp3) is 0.333. The average Bonchev–Trinajstić information content (AvgIpc) is 2.72. The summed E-state index contributed by atoms with van der Waals surface area (Å²) in [5.41, 5.74) is 9.76. The third-order valence-electron chi connectivity index (χ3n) is 3.44. The van der Waals surface area contributed by atoms with Gasteiger partial charge in [0.15, 0.2) is 0 Å². The molecule has 0 atom stereocenters. The molecule has 2 aromatic rings. The molecule has 0 radical (unpaired) electrons. The molecule has 0 saturated carbocycles. The molecule has 5 heteroatoms. The minimum Gasteiger partial charge on any atom is -0.399 e. The molecule has 0 saturated heterocycles. The van der Waals surface area contributed by atoms with Crippen molar-refractivity contribution in [3.05, 3.63) is 46.3 Å². The van der Waals surface area contributed by atoms with Gasteiger partial charge in [-0.25, -0.2) is 0 Å². The van der Waals surface area contributed by atoms with E-state index in [1.165, 1.54) is 0 Å². The Morgan fingerprint density at radius 1 is 1.35 bits per heavy atom. The smallest absolute Gasteiger partial charge is 0.253 e. The summed E-state index contributed by atoms with van der Waals surface area (Å²) in [6, 6.07) is 5.31. The van der Waals surface area contributed by atoms with E-state index in [0.29, 0.717) is 17.8 Å². The van der Waals surface area contributed by atoms with E-state index in [0.717, 1.165) is 22.6 Å². The zero-order chi connectivity index (χ0) is 14.9. The molecule has 1 amide bonds. The van der Waals surface area contributed by atoms with E-state index >= 15 is 0 Å². The number of nitrogen functional groups attached to an aromatic ring is 1. The third kappa shape index (κ3) is 2.66. The van der Waals surface area contributed by atoms with Crippen molar-refractivity contribution in [2.45, 2.75) is 27.3 Å². The minimum atomic E-state index is -0.0481. The van der Waals surface area contributed by atoms with Crippen LogP contribution in [0.15, 0.2) is 22.7 Å². The zero-order valence-corrected chi connectivity index (χ0v) is 12.2. The van der Waals surface area contributed by atoms with Gasteiger partial charge >= 0.3 is 0 Å². The van der Waals surface area contributed by atoms with Gasteiger partial charge in [-0.15, -0.1) is 0 Å². The maximum absolute atomic E-state index is 12.4. The van der Waals surface area contributed by atoms with Crippen LogP contribution in [0.2, 0.25) is 0 Å². The van der Waals surface area contributed by atoms with Gasteiger partial charge in [-0.2, -0.15) is 0 Å². The lowest BCUT2D eigenvalue weighted by molar-refractivity contribution is 0.0784. The first-order chi connectivity index (χ1) is 9.40. The second-order valence-electron chi connectivity index (χ2n) is 5.04. The molecule has 0 spiro atoms. The largest absolute Gasteiger partial charge is 0.399 e. The van der Waals surface area contributed by atoms with E-state index in [9.17, 15) is 4.79 Å². The molecule has 1 aromatic carbocycles. The Balaban J connectivity index is 2.18. The first kappa shape index (κ1) is 14.1. The zero-order valence-electron chi connectivity index (χ0n) is 12.2. The van der Waals surface area contributed by atoms with Gasteiger partial charge in [-0.1, -0.05) is 5.16 Å². The van der Waals surface area contributed by atoms with E-state index in [4.69, 9.17) is 10.3 Å². The number of hydrogen-bond acceptors (Lipinski definition) is 4. The first-order valence-corrected chi connectivity index (χ1v) is 6.43. The van der Waals surface area contributed by atoms with Crippen LogP contribution in [0.3, 0.4) is 0 Å². The Kier molecular flexibility index (Phi) is 3.79. The van der Waals surface area contributed by atoms with Gasteiger partial charge in [0.25, 0.3) is 5.91 Å². The van der Waals surface area contributed by atoms with E-state index in [2.05, 4.69) is 5.16 Å². The van der Waals surface area contributed by atoms with Crippen molar-refractivity contribution in [1.29, 1.82) is 0 Å². The molecule has 0 unspecified atom stereocenters. The Morgan fingerprint density at radius 2 is 2.05 bits per heavy atom. The summed E-state index contributed by atoms with van der Waals surface area (Å²) in [4.78, 5) is 14.0. The first-order valence-electron chi connectivity index (χ1n) is 6.43. The number of nitrogens with zero attached hydrogens (tertiary/aromatic N) is 2. The van der Waals surface area contributed by atoms with E-state index in [1.807, 2.05) is 26.8 Å². The van der Waals surface area contributed by atoms with Crippen LogP contribution >= 0.6 is 0 Å². The summed E-state index contributed by atoms with van der Waals surface area (Å²) < 4.78 is 5.11. The Labute approximate surface area is 118 Å². The molecule has 20 heavy (non-hydrogen) atoms. The topological polar surface area (TPSA) is 72.4 Å². The molecule has 5 nitrogen and oxygen atoms in total. The van der Waals surface area contributed by atoms with E-state index in [1.54, 1.807) is 24.1 Å². The van der Waals surface area contributed by atoms with Crippen LogP contribution < -0.4 is 5.73 Å². The molecule has 1 aromatic heterocycles. The van der Waals surface area contributed by atoms with Gasteiger partial charge in [-0.3, -0.25) is 4.79 Å². The number of aryl methyl sites for hydroxylation is 3. The average molecular weight is 273 g/mol. The molecule has 0 bridgehead atoms. The van der Waals surface area contributed by atoms with E-state index < -0.39 is 0 Å². The molecular formula is C15H19N3O2. The predicted molar refractivity (Wildman–Crippen MR) is 77.4 cm³/mol. The molecule has 1 heterocycles. The molecule has 106 valence electrons. The molecule has 0 aliphatic carbocycles. The highest BCUT2D eigenvalue weighted by atomic mass is 16.5. The number of aromatic nitrogens is 1. The molecule has 0 fully saturated rings. The number of benzene rings is 1. The fourth-order valence-electron chi connectivity index (χ4n) is 2.07. The van der Waals surface area contributed by atoms with Crippen LogP contribution in [0.1, 0.15) is 32.9 Å². The number of amides is 1. The Morgan fingerprint density at radius 3 is 2.60 bits per heavy atom. The van der Waals surface area contributed by atoms with Crippen molar-refractivity contribution in [3.63, 3.8) is 0 Å². The van der Waals surface area contributed by atoms with Crippen molar-refractivity contribution in [2.75, 3.05) is 12.8 Å². The maximum atomic E-state index is 12.4. The summed E-state index contributed by atoms with van der Waals surface area (Å²) in [7, 11) is 1.76. The summed E-state index contributed by atoms with van der Waals surface area (Å²) >= 11 is 0. The summed E-state index contributed by atoms with van der Waals surface area (Å²) in [5, 5.41) is 3.90. The van der Waals surface area contributed by atoms with Crippen molar-refractivity contribution in [2.24, 2.45) is 0 Å². The van der Waals surface area contributed by atoms with Crippen LogP contribution in [0, 0.1) is 20.8 Å². The number of hydrogen-bond donors (Lipinski definition) is 1. The van der Waals surface area contributed by atoms with Crippen molar-refractivity contribution in [1.82, 2.24) is 10.1 Å². The fourth-order valence-corrected chi connectivity index (χ4v) is 2.07. The van der Waals surface area contributed by atoms with Crippen LogP contribution in [0.25, 0.3) is 0 Å². The van der Waals surface area contributed by atoms with Crippen LogP contribution in [0.4, 0.5) is 5.69 Å². The number of carbonyl (C=O) groups is 1. The van der Waals surface area contributed by atoms with Crippen LogP contribution in [-0.2, 0) is 6.54 Å². The van der Waals surface area contributed by atoms with Crippen molar-refractivity contribution in [3.8, 4) is 0 Å². The summed E-state index contributed by atoms with van der Waals surface area (Å²) in [6.07, 6.45) is 0. The number of carbonyl (C=O) groups excluding carboxylic acids is 1. The SMILES string of the molecule is Cc1cc(C(=O)N(C)Cc2c(C)noc2C)ccc1N. The Bertz CT molecular complexity index is 627. The normalized spacial score (nSPS) is 10.6. The Hall–Kier alpha value is -2.30. The van der Waals surface area contributed by atoms with Gasteiger partial charge < -0.3 is 15.2 Å². The van der Waals surface area contributed by atoms with Gasteiger partial charge in [0.1, 0.15) is 5.76 Å². The molecule has 0 aliphatic heterocycles. The highest BCUT2D eigenvalue weighted by molar-refractivity contribution is 5.94. The maximum Gasteiger partial charge on any atom is 0.253 e. The highest BCUT2D eigenvalue weighted by Gasteiger charge is 2.17. The minimum absolute atomic E-state index is 0.0481. The lowest BCUT2D eigenvalue weighted by Crippen LogP contribution is -2.26. The lowest BCUT2D eigenvalue weighted by atomic mass is 10.1.